The Hall–Kier alpha value is -0.120. The molecule has 0 amide bonds. The van der Waals surface area contributed by atoms with Gasteiger partial charge in [-0.2, -0.15) is 0 Å². The Morgan fingerprint density at radius 1 is 1.13 bits per heavy atom. The van der Waals surface area contributed by atoms with Crippen LogP contribution in [0.2, 0.25) is 0 Å². The highest BCUT2D eigenvalue weighted by Gasteiger charge is 2.16. The summed E-state index contributed by atoms with van der Waals surface area (Å²) in [7, 11) is 0. The summed E-state index contributed by atoms with van der Waals surface area (Å²) < 4.78 is 11.2. The predicted octanol–water partition coefficient (Wildman–Crippen LogP) is 1.71. The molecule has 0 aromatic heterocycles. The van der Waals surface area contributed by atoms with E-state index in [4.69, 9.17) is 9.47 Å². The van der Waals surface area contributed by atoms with Gasteiger partial charge in [0.1, 0.15) is 0 Å². The Morgan fingerprint density at radius 3 is 2.73 bits per heavy atom. The van der Waals surface area contributed by atoms with Gasteiger partial charge in [-0.05, 0) is 25.7 Å². The highest BCUT2D eigenvalue weighted by molar-refractivity contribution is 4.70. The van der Waals surface area contributed by atoms with Crippen LogP contribution in [0.4, 0.5) is 0 Å². The first-order chi connectivity index (χ1) is 7.45. The topological polar surface area (TPSA) is 30.5 Å². The van der Waals surface area contributed by atoms with E-state index in [9.17, 15) is 0 Å². The lowest BCUT2D eigenvalue weighted by atomic mass is 10.1. The van der Waals surface area contributed by atoms with Crippen LogP contribution >= 0.6 is 0 Å². The molecule has 1 aliphatic carbocycles. The van der Waals surface area contributed by atoms with E-state index in [1.54, 1.807) is 0 Å². The monoisotopic (exact) mass is 213 g/mol. The van der Waals surface area contributed by atoms with Gasteiger partial charge in [0.05, 0.1) is 19.3 Å². The second-order valence-corrected chi connectivity index (χ2v) is 4.65. The fourth-order valence-corrected chi connectivity index (χ4v) is 2.45. The van der Waals surface area contributed by atoms with Crippen LogP contribution in [0, 0.1) is 0 Å². The third-order valence-corrected chi connectivity index (χ3v) is 3.35. The van der Waals surface area contributed by atoms with E-state index < -0.39 is 0 Å². The van der Waals surface area contributed by atoms with Crippen molar-refractivity contribution in [3.05, 3.63) is 0 Å². The van der Waals surface area contributed by atoms with Gasteiger partial charge in [-0.1, -0.05) is 12.8 Å². The van der Waals surface area contributed by atoms with Crippen LogP contribution in [0.5, 0.6) is 0 Å². The van der Waals surface area contributed by atoms with Gasteiger partial charge >= 0.3 is 0 Å². The van der Waals surface area contributed by atoms with Crippen molar-refractivity contribution in [3.63, 3.8) is 0 Å². The predicted molar refractivity (Wildman–Crippen MR) is 60.1 cm³/mol. The summed E-state index contributed by atoms with van der Waals surface area (Å²) in [5, 5.41) is 3.50. The van der Waals surface area contributed by atoms with Crippen molar-refractivity contribution in [1.82, 2.24) is 5.32 Å². The lowest BCUT2D eigenvalue weighted by Gasteiger charge is -2.23. The minimum Gasteiger partial charge on any atom is -0.380 e. The second-order valence-electron chi connectivity index (χ2n) is 4.65. The van der Waals surface area contributed by atoms with Gasteiger partial charge in [0.25, 0.3) is 0 Å². The summed E-state index contributed by atoms with van der Waals surface area (Å²) in [6, 6.07) is 0.561. The zero-order valence-electron chi connectivity index (χ0n) is 9.54. The van der Waals surface area contributed by atoms with Crippen LogP contribution in [0.25, 0.3) is 0 Å². The summed E-state index contributed by atoms with van der Waals surface area (Å²) in [5.74, 6) is 0. The molecule has 15 heavy (non-hydrogen) atoms. The first-order valence-electron chi connectivity index (χ1n) is 6.38. The molecule has 2 aliphatic rings. The highest BCUT2D eigenvalue weighted by Crippen LogP contribution is 2.20. The maximum atomic E-state index is 5.79. The van der Waals surface area contributed by atoms with E-state index in [2.05, 4.69) is 5.32 Å². The summed E-state index contributed by atoms with van der Waals surface area (Å²) in [6.07, 6.45) is 8.25. The van der Waals surface area contributed by atoms with Crippen molar-refractivity contribution < 1.29 is 9.47 Å². The standard InChI is InChI=1S/C12H23NO2/c1-2-6-12(5-1)15-9-7-13-11-4-3-8-14-10-11/h11-13H,1-10H2. The van der Waals surface area contributed by atoms with Crippen LogP contribution in [-0.4, -0.2) is 38.5 Å². The van der Waals surface area contributed by atoms with E-state index in [-0.39, 0.29) is 0 Å². The van der Waals surface area contributed by atoms with Gasteiger partial charge < -0.3 is 14.8 Å². The molecule has 0 radical (unpaired) electrons. The van der Waals surface area contributed by atoms with Crippen LogP contribution in [0.15, 0.2) is 0 Å². The third kappa shape index (κ3) is 4.09. The number of rotatable bonds is 5. The molecule has 1 unspecified atom stereocenters. The first kappa shape index (κ1) is 11.4. The smallest absolute Gasteiger partial charge is 0.0619 e. The van der Waals surface area contributed by atoms with Gasteiger partial charge in [0.2, 0.25) is 0 Å². The maximum absolute atomic E-state index is 5.79. The number of hydrogen-bond donors (Lipinski definition) is 1. The minimum atomic E-state index is 0.550. The van der Waals surface area contributed by atoms with E-state index in [1.165, 1.54) is 38.5 Å². The second kappa shape index (κ2) is 6.46. The Kier molecular flexibility index (Phi) is 4.90. The van der Waals surface area contributed by atoms with Crippen LogP contribution in [0.1, 0.15) is 38.5 Å². The molecule has 1 N–H and O–H groups in total. The minimum absolute atomic E-state index is 0.550. The number of nitrogens with one attached hydrogen (secondary N) is 1. The van der Waals surface area contributed by atoms with Crippen LogP contribution < -0.4 is 5.32 Å². The van der Waals surface area contributed by atoms with Gasteiger partial charge in [-0.25, -0.2) is 0 Å². The normalized spacial score (nSPS) is 28.4. The Morgan fingerprint density at radius 2 is 2.00 bits per heavy atom. The van der Waals surface area contributed by atoms with Gasteiger partial charge in [0, 0.05) is 19.2 Å². The molecule has 3 heteroatoms. The third-order valence-electron chi connectivity index (χ3n) is 3.35. The van der Waals surface area contributed by atoms with Crippen molar-refractivity contribution in [2.24, 2.45) is 0 Å². The van der Waals surface area contributed by atoms with Crippen LogP contribution in [-0.2, 0) is 9.47 Å². The van der Waals surface area contributed by atoms with E-state index in [0.29, 0.717) is 12.1 Å². The average Bonchev–Trinajstić information content (AvgIpc) is 2.79. The number of ether oxygens (including phenoxy) is 2. The molecular weight excluding hydrogens is 190 g/mol. The molecule has 88 valence electrons. The average molecular weight is 213 g/mol. The van der Waals surface area contributed by atoms with Crippen molar-refractivity contribution in [2.75, 3.05) is 26.4 Å². The van der Waals surface area contributed by atoms with Crippen molar-refractivity contribution in [3.8, 4) is 0 Å². The molecule has 1 aliphatic heterocycles. The summed E-state index contributed by atoms with van der Waals surface area (Å²) in [6.45, 7) is 3.66. The zero-order valence-corrected chi connectivity index (χ0v) is 9.54. The fraction of sp³-hybridized carbons (Fsp3) is 1.00. The lowest BCUT2D eigenvalue weighted by Crippen LogP contribution is -2.38. The van der Waals surface area contributed by atoms with E-state index >= 15 is 0 Å². The Labute approximate surface area is 92.5 Å². The lowest BCUT2D eigenvalue weighted by molar-refractivity contribution is 0.0455. The van der Waals surface area contributed by atoms with E-state index in [0.717, 1.165) is 26.4 Å². The molecule has 1 saturated carbocycles. The highest BCUT2D eigenvalue weighted by atomic mass is 16.5. The molecule has 2 rings (SSSR count). The molecule has 0 aromatic carbocycles. The van der Waals surface area contributed by atoms with Crippen LogP contribution in [0.3, 0.4) is 0 Å². The molecular formula is C12H23NO2. The number of hydrogen-bond acceptors (Lipinski definition) is 3. The molecule has 0 spiro atoms. The van der Waals surface area contributed by atoms with E-state index in [1.807, 2.05) is 0 Å². The van der Waals surface area contributed by atoms with Crippen molar-refractivity contribution >= 4 is 0 Å². The van der Waals surface area contributed by atoms with Gasteiger partial charge in [-0.15, -0.1) is 0 Å². The maximum Gasteiger partial charge on any atom is 0.0619 e. The SMILES string of the molecule is C1COCC(NCCOC2CCCC2)C1. The molecule has 0 bridgehead atoms. The molecule has 1 heterocycles. The molecule has 1 atom stereocenters. The van der Waals surface area contributed by atoms with Gasteiger partial charge in [-0.3, -0.25) is 0 Å². The Bertz CT molecular complexity index is 163. The molecule has 0 aromatic rings. The quantitative estimate of drug-likeness (QED) is 0.705. The van der Waals surface area contributed by atoms with Crippen molar-refractivity contribution in [1.29, 1.82) is 0 Å². The summed E-state index contributed by atoms with van der Waals surface area (Å²) in [5.41, 5.74) is 0. The van der Waals surface area contributed by atoms with Gasteiger partial charge in [0.15, 0.2) is 0 Å². The largest absolute Gasteiger partial charge is 0.380 e. The summed E-state index contributed by atoms with van der Waals surface area (Å²) in [4.78, 5) is 0. The fourth-order valence-electron chi connectivity index (χ4n) is 2.45. The zero-order chi connectivity index (χ0) is 10.3. The van der Waals surface area contributed by atoms with Crippen molar-refractivity contribution in [2.45, 2.75) is 50.7 Å². The molecule has 2 fully saturated rings. The molecule has 1 saturated heterocycles. The first-order valence-corrected chi connectivity index (χ1v) is 6.38. The Balaban J connectivity index is 1.47. The summed E-state index contributed by atoms with van der Waals surface area (Å²) >= 11 is 0. The molecule has 3 nitrogen and oxygen atoms in total.